The van der Waals surface area contributed by atoms with Crippen LogP contribution < -0.4 is 19.8 Å². The fourth-order valence-electron chi connectivity index (χ4n) is 5.75. The second kappa shape index (κ2) is 11.6. The molecule has 7 rings (SSSR count). The van der Waals surface area contributed by atoms with Crippen molar-refractivity contribution in [3.8, 4) is 5.75 Å². The van der Waals surface area contributed by atoms with E-state index in [2.05, 4.69) is 26.2 Å². The van der Waals surface area contributed by atoms with Crippen molar-refractivity contribution in [2.24, 2.45) is 5.92 Å². The van der Waals surface area contributed by atoms with Gasteiger partial charge in [-0.05, 0) is 53.9 Å². The first-order valence-electron chi connectivity index (χ1n) is 13.5. The van der Waals surface area contributed by atoms with Crippen molar-refractivity contribution in [2.45, 2.75) is 16.2 Å². The van der Waals surface area contributed by atoms with E-state index in [-0.39, 0.29) is 29.2 Å². The summed E-state index contributed by atoms with van der Waals surface area (Å²) in [5.41, 5.74) is 1.63. The molecule has 0 radical (unpaired) electrons. The Hall–Kier alpha value is -3.90. The molecular weight excluding hydrogens is 686 g/mol. The van der Waals surface area contributed by atoms with Crippen molar-refractivity contribution in [1.29, 1.82) is 0 Å². The van der Waals surface area contributed by atoms with Crippen LogP contribution in [0, 0.1) is 5.92 Å². The Morgan fingerprint density at radius 1 is 0.977 bits per heavy atom. The number of benzene rings is 4. The Morgan fingerprint density at radius 3 is 2.57 bits per heavy atom. The largest absolute Gasteiger partial charge is 0.483 e. The van der Waals surface area contributed by atoms with Crippen LogP contribution in [-0.4, -0.2) is 34.6 Å². The minimum atomic E-state index is -0.833. The zero-order valence-electron chi connectivity index (χ0n) is 22.6. The molecule has 3 amide bonds. The Labute approximate surface area is 272 Å². The molecule has 1 fully saturated rings. The summed E-state index contributed by atoms with van der Waals surface area (Å²) in [4.78, 5) is 57.8. The van der Waals surface area contributed by atoms with Gasteiger partial charge in [-0.2, -0.15) is 0 Å². The van der Waals surface area contributed by atoms with Gasteiger partial charge in [-0.1, -0.05) is 87.0 Å². The van der Waals surface area contributed by atoms with Gasteiger partial charge in [0.15, 0.2) is 6.61 Å². The molecule has 2 aliphatic heterocycles. The van der Waals surface area contributed by atoms with E-state index in [0.717, 1.165) is 26.6 Å². The number of H-pyrrole nitrogens is 1. The van der Waals surface area contributed by atoms with Gasteiger partial charge in [0, 0.05) is 36.9 Å². The second-order valence-electron chi connectivity index (χ2n) is 10.3. The van der Waals surface area contributed by atoms with E-state index in [9.17, 15) is 19.2 Å². The Kier molecular flexibility index (Phi) is 7.57. The normalized spacial score (nSPS) is 19.1. The number of rotatable bonds is 6. The maximum absolute atomic E-state index is 14.1. The third-order valence-corrected chi connectivity index (χ3v) is 10.8. The van der Waals surface area contributed by atoms with Gasteiger partial charge in [0.25, 0.3) is 5.91 Å². The summed E-state index contributed by atoms with van der Waals surface area (Å²) >= 11 is 12.0. The van der Waals surface area contributed by atoms with E-state index in [1.54, 1.807) is 42.5 Å². The van der Waals surface area contributed by atoms with Crippen molar-refractivity contribution >= 4 is 90.5 Å². The fraction of sp³-hybridized carbons (Fsp3) is 0.125. The molecule has 3 atom stereocenters. The molecule has 2 unspecified atom stereocenters. The third kappa shape index (κ3) is 5.13. The lowest BCUT2D eigenvalue weighted by Gasteiger charge is -2.31. The highest BCUT2D eigenvalue weighted by Gasteiger charge is 2.56. The summed E-state index contributed by atoms with van der Waals surface area (Å²) in [6.07, 6.45) is 0. The molecule has 220 valence electrons. The van der Waals surface area contributed by atoms with Crippen molar-refractivity contribution in [2.75, 3.05) is 16.8 Å². The number of carbonyl (C=O) groups excluding carboxylic acids is 3. The molecule has 5 aromatic rings. The minimum absolute atomic E-state index is 0.295. The van der Waals surface area contributed by atoms with Crippen LogP contribution >= 0.6 is 50.6 Å². The second-order valence-corrected chi connectivity index (χ2v) is 13.8. The van der Waals surface area contributed by atoms with Gasteiger partial charge in [0.2, 0.25) is 11.8 Å². The summed E-state index contributed by atoms with van der Waals surface area (Å²) < 4.78 is 6.89. The number of hydrogen-bond acceptors (Lipinski definition) is 7. The average molecular weight is 707 g/mol. The summed E-state index contributed by atoms with van der Waals surface area (Å²) in [7, 11) is 0. The summed E-state index contributed by atoms with van der Waals surface area (Å²) in [6, 6.07) is 25.3. The molecular formula is C32H21BrClN3O5S2. The van der Waals surface area contributed by atoms with Crippen molar-refractivity contribution in [1.82, 2.24) is 4.98 Å². The van der Waals surface area contributed by atoms with Gasteiger partial charge in [0.05, 0.1) is 16.6 Å². The van der Waals surface area contributed by atoms with E-state index in [1.807, 2.05) is 42.5 Å². The number of hydrogen-bond donors (Lipinski definition) is 2. The number of anilines is 2. The highest BCUT2D eigenvalue weighted by Crippen LogP contribution is 2.54. The van der Waals surface area contributed by atoms with E-state index in [4.69, 9.17) is 16.3 Å². The van der Waals surface area contributed by atoms with Gasteiger partial charge in [-0.25, -0.2) is 4.90 Å². The molecule has 12 heteroatoms. The molecule has 0 spiro atoms. The Balaban J connectivity index is 1.23. The molecule has 8 nitrogen and oxygen atoms in total. The van der Waals surface area contributed by atoms with Crippen LogP contribution in [0.5, 0.6) is 5.75 Å². The summed E-state index contributed by atoms with van der Waals surface area (Å²) in [6.45, 7) is -0.318. The highest BCUT2D eigenvalue weighted by molar-refractivity contribution is 9.10. The number of amides is 3. The lowest BCUT2D eigenvalue weighted by Crippen LogP contribution is -2.32. The van der Waals surface area contributed by atoms with Gasteiger partial charge >= 0.3 is 4.87 Å². The van der Waals surface area contributed by atoms with Crippen LogP contribution in [0.3, 0.4) is 0 Å². The zero-order valence-corrected chi connectivity index (χ0v) is 26.6. The maximum atomic E-state index is 14.1. The number of nitrogens with one attached hydrogen (secondary N) is 2. The van der Waals surface area contributed by atoms with E-state index < -0.39 is 17.1 Å². The summed E-state index contributed by atoms with van der Waals surface area (Å²) in [5.74, 6) is -2.35. The highest BCUT2D eigenvalue weighted by atomic mass is 79.9. The standard InChI is InChI=1S/C32H21BrClN3O5S2/c33-17-8-11-19(12-9-17)37-30(39)26-25(27-29(36-32(41)44-27)43-28(26)31(37)40)21-14-18(34)10-13-23(21)42-15-24(38)35-22-7-3-5-16-4-1-2-6-20(16)22/h1-14,25-26,28H,15H2,(H,35,38)(H,36,41)/t25-,26?,28?/m1/s1. The van der Waals surface area contributed by atoms with Gasteiger partial charge in [0.1, 0.15) is 11.0 Å². The fourth-order valence-corrected chi connectivity index (χ4v) is 8.71. The van der Waals surface area contributed by atoms with Gasteiger partial charge in [-0.3, -0.25) is 19.2 Å². The minimum Gasteiger partial charge on any atom is -0.483 e. The average Bonchev–Trinajstić information content (AvgIpc) is 3.51. The van der Waals surface area contributed by atoms with Crippen molar-refractivity contribution < 1.29 is 19.1 Å². The number of thiazole rings is 1. The van der Waals surface area contributed by atoms with E-state index >= 15 is 0 Å². The summed E-state index contributed by atoms with van der Waals surface area (Å²) in [5, 5.41) is 4.94. The number of fused-ring (bicyclic) bond motifs is 3. The molecule has 2 aliphatic rings. The van der Waals surface area contributed by atoms with Crippen LogP contribution in [0.25, 0.3) is 10.8 Å². The predicted octanol–water partition coefficient (Wildman–Crippen LogP) is 6.82. The Morgan fingerprint density at radius 2 is 1.75 bits per heavy atom. The van der Waals surface area contributed by atoms with Crippen LogP contribution in [0.2, 0.25) is 5.02 Å². The van der Waals surface area contributed by atoms with E-state index in [1.165, 1.54) is 16.7 Å². The molecule has 3 heterocycles. The Bertz CT molecular complexity index is 2020. The molecule has 44 heavy (non-hydrogen) atoms. The van der Waals surface area contributed by atoms with Crippen LogP contribution in [0.15, 0.2) is 99.2 Å². The van der Waals surface area contributed by atoms with Crippen LogP contribution in [-0.2, 0) is 14.4 Å². The number of halogens is 2. The number of aromatic nitrogens is 1. The monoisotopic (exact) mass is 705 g/mol. The molecule has 0 aliphatic carbocycles. The molecule has 0 saturated carbocycles. The van der Waals surface area contributed by atoms with Gasteiger partial charge < -0.3 is 15.0 Å². The number of ether oxygens (including phenoxy) is 1. The number of carbonyl (C=O) groups is 3. The molecule has 2 N–H and O–H groups in total. The molecule has 1 aromatic heterocycles. The van der Waals surface area contributed by atoms with Crippen LogP contribution in [0.1, 0.15) is 16.4 Å². The van der Waals surface area contributed by atoms with Gasteiger partial charge in [-0.15, -0.1) is 0 Å². The first-order valence-corrected chi connectivity index (χ1v) is 16.4. The zero-order chi connectivity index (χ0) is 30.5. The predicted molar refractivity (Wildman–Crippen MR) is 176 cm³/mol. The number of thioether (sulfide) groups is 1. The lowest BCUT2D eigenvalue weighted by molar-refractivity contribution is -0.122. The maximum Gasteiger partial charge on any atom is 0.305 e. The third-order valence-electron chi connectivity index (χ3n) is 7.64. The number of imide groups is 1. The van der Waals surface area contributed by atoms with Crippen LogP contribution in [0.4, 0.5) is 11.4 Å². The van der Waals surface area contributed by atoms with Crippen molar-refractivity contribution in [3.63, 3.8) is 0 Å². The number of nitrogens with zero attached hydrogens (tertiary/aromatic N) is 1. The molecule has 1 saturated heterocycles. The lowest BCUT2D eigenvalue weighted by atomic mass is 9.82. The number of aromatic amines is 1. The first kappa shape index (κ1) is 28.8. The van der Waals surface area contributed by atoms with Crippen molar-refractivity contribution in [3.05, 3.63) is 115 Å². The smallest absolute Gasteiger partial charge is 0.305 e. The topological polar surface area (TPSA) is 109 Å². The first-order chi connectivity index (χ1) is 21.3. The molecule has 0 bridgehead atoms. The molecule has 4 aromatic carbocycles. The van der Waals surface area contributed by atoms with E-state index in [0.29, 0.717) is 37.6 Å². The SMILES string of the molecule is O=C(COc1ccc(Cl)cc1[C@H]1c2sc(=O)[nH]c2SC2C(=O)N(c3ccc(Br)cc3)C(=O)C21)Nc1cccc2ccccc12. The quantitative estimate of drug-likeness (QED) is 0.188.